The minimum Gasteiger partial charge on any atom is -0.306 e. The van der Waals surface area contributed by atoms with Crippen molar-refractivity contribution in [2.75, 3.05) is 5.32 Å². The summed E-state index contributed by atoms with van der Waals surface area (Å²) >= 11 is 0. The summed E-state index contributed by atoms with van der Waals surface area (Å²) in [6.07, 6.45) is 3.23. The van der Waals surface area contributed by atoms with Gasteiger partial charge in [0.05, 0.1) is 5.71 Å². The van der Waals surface area contributed by atoms with Gasteiger partial charge in [-0.3, -0.25) is 4.79 Å². The van der Waals surface area contributed by atoms with Crippen LogP contribution in [-0.2, 0) is 4.79 Å². The van der Waals surface area contributed by atoms with Crippen LogP contribution in [0.1, 0.15) is 19.4 Å². The van der Waals surface area contributed by atoms with Gasteiger partial charge in [-0.1, -0.05) is 17.7 Å². The molecule has 0 heterocycles. The number of allylic oxidation sites excluding steroid dienone is 4. The molecule has 0 saturated carbocycles. The number of aliphatic imine (C=N–C) groups is 1. The SMILES string of the molecule is CC1=CC(=NC(=O)Nc2ccc(C)cc2)C=C(C)C1=O. The molecule has 0 radical (unpaired) electrons. The van der Waals surface area contributed by atoms with Crippen molar-refractivity contribution in [1.29, 1.82) is 0 Å². The van der Waals surface area contributed by atoms with E-state index in [9.17, 15) is 9.59 Å². The normalized spacial score (nSPS) is 14.6. The van der Waals surface area contributed by atoms with Gasteiger partial charge in [0.15, 0.2) is 5.78 Å². The molecule has 20 heavy (non-hydrogen) atoms. The molecule has 0 unspecified atom stereocenters. The fraction of sp³-hybridized carbons (Fsp3) is 0.188. The van der Waals surface area contributed by atoms with Crippen molar-refractivity contribution in [3.63, 3.8) is 0 Å². The molecule has 4 heteroatoms. The van der Waals surface area contributed by atoms with Gasteiger partial charge in [-0.2, -0.15) is 4.99 Å². The van der Waals surface area contributed by atoms with Gasteiger partial charge < -0.3 is 5.32 Å². The number of rotatable bonds is 1. The number of carbonyl (C=O) groups is 2. The third-order valence-corrected chi connectivity index (χ3v) is 2.98. The highest BCUT2D eigenvalue weighted by atomic mass is 16.2. The lowest BCUT2D eigenvalue weighted by molar-refractivity contribution is -0.112. The number of anilines is 1. The highest BCUT2D eigenvalue weighted by Gasteiger charge is 2.14. The summed E-state index contributed by atoms with van der Waals surface area (Å²) in [6.45, 7) is 5.41. The first-order valence-corrected chi connectivity index (χ1v) is 6.33. The summed E-state index contributed by atoms with van der Waals surface area (Å²) in [5.41, 5.74) is 3.48. The van der Waals surface area contributed by atoms with Crippen LogP contribution in [0.5, 0.6) is 0 Å². The van der Waals surface area contributed by atoms with E-state index < -0.39 is 6.03 Å². The van der Waals surface area contributed by atoms with E-state index in [1.165, 1.54) is 0 Å². The molecule has 1 aromatic rings. The van der Waals surface area contributed by atoms with Crippen LogP contribution < -0.4 is 5.32 Å². The average Bonchev–Trinajstić information content (AvgIpc) is 2.38. The van der Waals surface area contributed by atoms with E-state index in [2.05, 4.69) is 10.3 Å². The van der Waals surface area contributed by atoms with E-state index in [0.717, 1.165) is 5.56 Å². The van der Waals surface area contributed by atoms with Crippen molar-refractivity contribution >= 4 is 23.2 Å². The molecule has 0 fully saturated rings. The first-order valence-electron chi connectivity index (χ1n) is 6.33. The molecule has 1 aromatic carbocycles. The van der Waals surface area contributed by atoms with Crippen LogP contribution in [0.15, 0.2) is 52.6 Å². The largest absolute Gasteiger partial charge is 0.345 e. The Labute approximate surface area is 117 Å². The maximum atomic E-state index is 11.8. The quantitative estimate of drug-likeness (QED) is 0.793. The van der Waals surface area contributed by atoms with Gasteiger partial charge in [0, 0.05) is 5.69 Å². The molecule has 102 valence electrons. The molecule has 0 saturated heterocycles. The summed E-state index contributed by atoms with van der Waals surface area (Å²) in [6, 6.07) is 7.01. The van der Waals surface area contributed by atoms with E-state index in [-0.39, 0.29) is 5.78 Å². The molecule has 2 amide bonds. The number of ketones is 1. The maximum absolute atomic E-state index is 11.8. The molecule has 0 bridgehead atoms. The van der Waals surface area contributed by atoms with Crippen LogP contribution in [0.4, 0.5) is 10.5 Å². The number of aryl methyl sites for hydroxylation is 1. The Kier molecular flexibility index (Phi) is 3.94. The zero-order valence-corrected chi connectivity index (χ0v) is 11.7. The second kappa shape index (κ2) is 5.65. The lowest BCUT2D eigenvalue weighted by Crippen LogP contribution is -2.14. The monoisotopic (exact) mass is 268 g/mol. The Morgan fingerprint density at radius 2 is 1.55 bits per heavy atom. The first kappa shape index (κ1) is 13.9. The Balaban J connectivity index is 2.13. The number of nitrogens with zero attached hydrogens (tertiary/aromatic N) is 1. The van der Waals surface area contributed by atoms with E-state index in [0.29, 0.717) is 22.5 Å². The van der Waals surface area contributed by atoms with Gasteiger partial charge in [-0.15, -0.1) is 0 Å². The molecular formula is C16H16N2O2. The third kappa shape index (κ3) is 3.29. The highest BCUT2D eigenvalue weighted by molar-refractivity contribution is 6.23. The zero-order chi connectivity index (χ0) is 14.7. The number of hydrogen-bond acceptors (Lipinski definition) is 2. The molecule has 1 aliphatic rings. The lowest BCUT2D eigenvalue weighted by Gasteiger charge is -2.08. The molecule has 1 N–H and O–H groups in total. The van der Waals surface area contributed by atoms with Crippen molar-refractivity contribution in [3.05, 3.63) is 53.1 Å². The maximum Gasteiger partial charge on any atom is 0.345 e. The van der Waals surface area contributed by atoms with Crippen molar-refractivity contribution < 1.29 is 9.59 Å². The molecule has 1 aliphatic carbocycles. The number of amides is 2. The van der Waals surface area contributed by atoms with Crippen LogP contribution in [0.3, 0.4) is 0 Å². The molecule has 2 rings (SSSR count). The minimum atomic E-state index is -0.452. The van der Waals surface area contributed by atoms with Gasteiger partial charge in [0.25, 0.3) is 0 Å². The summed E-state index contributed by atoms with van der Waals surface area (Å²) in [7, 11) is 0. The van der Waals surface area contributed by atoms with Crippen molar-refractivity contribution in [1.82, 2.24) is 0 Å². The molecule has 0 atom stereocenters. The van der Waals surface area contributed by atoms with Crippen molar-refractivity contribution in [2.24, 2.45) is 4.99 Å². The predicted molar refractivity (Wildman–Crippen MR) is 80.2 cm³/mol. The molecule has 4 nitrogen and oxygen atoms in total. The van der Waals surface area contributed by atoms with Crippen molar-refractivity contribution in [3.8, 4) is 0 Å². The number of benzene rings is 1. The van der Waals surface area contributed by atoms with E-state index >= 15 is 0 Å². The average molecular weight is 268 g/mol. The highest BCUT2D eigenvalue weighted by Crippen LogP contribution is 2.13. The fourth-order valence-corrected chi connectivity index (χ4v) is 1.90. The molecular weight excluding hydrogens is 252 g/mol. The summed E-state index contributed by atoms with van der Waals surface area (Å²) < 4.78 is 0. The smallest absolute Gasteiger partial charge is 0.306 e. The standard InChI is InChI=1S/C16H16N2O2/c1-10-4-6-13(7-5-10)17-16(20)18-14-8-11(2)15(19)12(3)9-14/h4-9H,1-3H3,(H,17,20). The van der Waals surface area contributed by atoms with Crippen LogP contribution in [-0.4, -0.2) is 17.5 Å². The number of hydrogen-bond donors (Lipinski definition) is 1. The van der Waals surface area contributed by atoms with E-state index in [4.69, 9.17) is 0 Å². The van der Waals surface area contributed by atoms with Gasteiger partial charge in [0.1, 0.15) is 0 Å². The van der Waals surface area contributed by atoms with Crippen LogP contribution >= 0.6 is 0 Å². The summed E-state index contributed by atoms with van der Waals surface area (Å²) in [5, 5.41) is 2.69. The number of urea groups is 1. The Hall–Kier alpha value is -2.49. The van der Waals surface area contributed by atoms with Crippen LogP contribution in [0, 0.1) is 6.92 Å². The Bertz CT molecular complexity index is 626. The third-order valence-electron chi connectivity index (χ3n) is 2.98. The number of carbonyl (C=O) groups excluding carboxylic acids is 2. The van der Waals surface area contributed by atoms with Gasteiger partial charge in [-0.05, 0) is 56.2 Å². The van der Waals surface area contributed by atoms with Crippen molar-refractivity contribution in [2.45, 2.75) is 20.8 Å². The summed E-state index contributed by atoms with van der Waals surface area (Å²) in [5.74, 6) is -0.0112. The molecule has 0 aromatic heterocycles. The zero-order valence-electron chi connectivity index (χ0n) is 11.7. The fourth-order valence-electron chi connectivity index (χ4n) is 1.90. The second-order valence-electron chi connectivity index (χ2n) is 4.82. The molecule has 0 aliphatic heterocycles. The Morgan fingerprint density at radius 3 is 2.10 bits per heavy atom. The summed E-state index contributed by atoms with van der Waals surface area (Å²) in [4.78, 5) is 27.4. The van der Waals surface area contributed by atoms with Crippen LogP contribution in [0.2, 0.25) is 0 Å². The van der Waals surface area contributed by atoms with Gasteiger partial charge >= 0.3 is 6.03 Å². The number of Topliss-reactive ketones (excluding diaryl/α,β-unsaturated/α-hetero) is 1. The predicted octanol–water partition coefficient (Wildman–Crippen LogP) is 3.44. The van der Waals surface area contributed by atoms with Gasteiger partial charge in [-0.25, -0.2) is 4.79 Å². The number of nitrogens with one attached hydrogen (secondary N) is 1. The first-order chi connectivity index (χ1) is 9.45. The van der Waals surface area contributed by atoms with Gasteiger partial charge in [0.2, 0.25) is 0 Å². The Morgan fingerprint density at radius 1 is 1.00 bits per heavy atom. The van der Waals surface area contributed by atoms with Crippen LogP contribution in [0.25, 0.3) is 0 Å². The molecule has 0 spiro atoms. The van der Waals surface area contributed by atoms with E-state index in [1.807, 2.05) is 31.2 Å². The minimum absolute atomic E-state index is 0.0112. The second-order valence-corrected chi connectivity index (χ2v) is 4.82. The lowest BCUT2D eigenvalue weighted by atomic mass is 9.98. The van der Waals surface area contributed by atoms with E-state index in [1.54, 1.807) is 26.0 Å². The topological polar surface area (TPSA) is 58.5 Å².